The van der Waals surface area contributed by atoms with Gasteiger partial charge in [0, 0.05) is 15.4 Å². The van der Waals surface area contributed by atoms with E-state index in [4.69, 9.17) is 23.2 Å². The van der Waals surface area contributed by atoms with Crippen molar-refractivity contribution in [3.05, 3.63) is 69.5 Å². The maximum atomic E-state index is 13.0. The Morgan fingerprint density at radius 3 is 2.42 bits per heavy atom. The molecule has 1 atom stereocenters. The predicted octanol–water partition coefficient (Wildman–Crippen LogP) is 5.85. The minimum atomic E-state index is -0.318. The van der Waals surface area contributed by atoms with E-state index in [0.717, 1.165) is 21.5 Å². The Morgan fingerprint density at radius 1 is 1.05 bits per heavy atom. The van der Waals surface area contributed by atoms with Crippen molar-refractivity contribution in [2.24, 2.45) is 0 Å². The van der Waals surface area contributed by atoms with Gasteiger partial charge in [0.15, 0.2) is 0 Å². The fraction of sp³-hybridized carbons (Fsp3) is 0.200. The molecule has 2 rings (SSSR count). The smallest absolute Gasteiger partial charge is 0.124 e. The molecule has 0 fully saturated rings. The van der Waals surface area contributed by atoms with Crippen molar-refractivity contribution in [1.29, 1.82) is 0 Å². The molecule has 0 spiro atoms. The lowest BCUT2D eigenvalue weighted by Gasteiger charge is -2.17. The first-order valence-electron chi connectivity index (χ1n) is 5.86. The average Bonchev–Trinajstić information content (AvgIpc) is 2.39. The standard InChI is InChI=1S/C15H12BrCl2F/c16-9-11(13-3-1-2-4-14(13)17)7-10-5-6-12(19)8-15(10)18/h1-6,8,11H,7,9H2. The third kappa shape index (κ3) is 3.71. The van der Waals surface area contributed by atoms with Crippen molar-refractivity contribution < 1.29 is 4.39 Å². The van der Waals surface area contributed by atoms with E-state index in [1.807, 2.05) is 24.3 Å². The maximum absolute atomic E-state index is 13.0. The maximum Gasteiger partial charge on any atom is 0.124 e. The Labute approximate surface area is 130 Å². The fourth-order valence-corrected chi connectivity index (χ4v) is 3.12. The molecule has 0 bridgehead atoms. The molecule has 0 N–H and O–H groups in total. The SMILES string of the molecule is Fc1ccc(CC(CBr)c2ccccc2Cl)c(Cl)c1. The van der Waals surface area contributed by atoms with Crippen molar-refractivity contribution in [2.75, 3.05) is 5.33 Å². The molecule has 0 saturated heterocycles. The van der Waals surface area contributed by atoms with Crippen LogP contribution in [0.2, 0.25) is 10.0 Å². The zero-order valence-corrected chi connectivity index (χ0v) is 13.1. The first kappa shape index (κ1) is 14.8. The minimum absolute atomic E-state index is 0.205. The van der Waals surface area contributed by atoms with Gasteiger partial charge in [0.2, 0.25) is 0 Å². The summed E-state index contributed by atoms with van der Waals surface area (Å²) < 4.78 is 13.0. The number of alkyl halides is 1. The Kier molecular flexibility index (Phi) is 5.26. The lowest BCUT2D eigenvalue weighted by atomic mass is 9.93. The molecular formula is C15H12BrCl2F. The van der Waals surface area contributed by atoms with E-state index < -0.39 is 0 Å². The molecule has 4 heteroatoms. The second-order valence-corrected chi connectivity index (χ2v) is 5.77. The Morgan fingerprint density at radius 2 is 1.79 bits per heavy atom. The second-order valence-electron chi connectivity index (χ2n) is 4.31. The highest BCUT2D eigenvalue weighted by Crippen LogP contribution is 2.31. The monoisotopic (exact) mass is 360 g/mol. The molecule has 0 nitrogen and oxygen atoms in total. The van der Waals surface area contributed by atoms with Crippen LogP contribution in [0.4, 0.5) is 4.39 Å². The van der Waals surface area contributed by atoms with Crippen LogP contribution in [0.25, 0.3) is 0 Å². The molecule has 2 aromatic rings. The number of hydrogen-bond donors (Lipinski definition) is 0. The van der Waals surface area contributed by atoms with Gasteiger partial charge >= 0.3 is 0 Å². The van der Waals surface area contributed by atoms with Crippen LogP contribution >= 0.6 is 39.1 Å². The van der Waals surface area contributed by atoms with E-state index in [9.17, 15) is 4.39 Å². The summed E-state index contributed by atoms with van der Waals surface area (Å²) in [6.45, 7) is 0. The van der Waals surface area contributed by atoms with Gasteiger partial charge in [-0.25, -0.2) is 4.39 Å². The largest absolute Gasteiger partial charge is 0.207 e. The Hall–Kier alpha value is -0.570. The van der Waals surface area contributed by atoms with Crippen LogP contribution in [0, 0.1) is 5.82 Å². The van der Waals surface area contributed by atoms with Gasteiger partial charge in [-0.3, -0.25) is 0 Å². The van der Waals surface area contributed by atoms with Gasteiger partial charge < -0.3 is 0 Å². The summed E-state index contributed by atoms with van der Waals surface area (Å²) in [5, 5.41) is 1.97. The molecule has 0 aliphatic rings. The van der Waals surface area contributed by atoms with Gasteiger partial charge in [-0.2, -0.15) is 0 Å². The van der Waals surface area contributed by atoms with Gasteiger partial charge in [0.05, 0.1) is 0 Å². The van der Waals surface area contributed by atoms with Crippen LogP contribution in [0.3, 0.4) is 0 Å². The zero-order valence-electron chi connectivity index (χ0n) is 10.0. The fourth-order valence-electron chi connectivity index (χ4n) is 2.01. The normalized spacial score (nSPS) is 12.4. The van der Waals surface area contributed by atoms with E-state index >= 15 is 0 Å². The minimum Gasteiger partial charge on any atom is -0.207 e. The molecule has 2 aromatic carbocycles. The van der Waals surface area contributed by atoms with Crippen LogP contribution in [0.5, 0.6) is 0 Å². The zero-order chi connectivity index (χ0) is 13.8. The van der Waals surface area contributed by atoms with Gasteiger partial charge in [0.1, 0.15) is 5.82 Å². The number of hydrogen-bond acceptors (Lipinski definition) is 0. The first-order chi connectivity index (χ1) is 9.11. The molecule has 0 amide bonds. The average molecular weight is 362 g/mol. The van der Waals surface area contributed by atoms with E-state index in [-0.39, 0.29) is 11.7 Å². The van der Waals surface area contributed by atoms with Crippen molar-refractivity contribution in [2.45, 2.75) is 12.3 Å². The second kappa shape index (κ2) is 6.74. The quantitative estimate of drug-likeness (QED) is 0.599. The van der Waals surface area contributed by atoms with Crippen LogP contribution in [-0.2, 0) is 6.42 Å². The third-order valence-corrected chi connectivity index (χ3v) is 4.49. The molecule has 0 aromatic heterocycles. The highest BCUT2D eigenvalue weighted by molar-refractivity contribution is 9.09. The molecule has 0 saturated carbocycles. The molecule has 19 heavy (non-hydrogen) atoms. The third-order valence-electron chi connectivity index (χ3n) is 3.01. The van der Waals surface area contributed by atoms with Crippen molar-refractivity contribution in [3.8, 4) is 0 Å². The van der Waals surface area contributed by atoms with E-state index in [0.29, 0.717) is 11.4 Å². The number of rotatable bonds is 4. The number of halogens is 4. The predicted molar refractivity (Wildman–Crippen MR) is 83.1 cm³/mol. The molecule has 0 aliphatic carbocycles. The molecule has 0 radical (unpaired) electrons. The summed E-state index contributed by atoms with van der Waals surface area (Å²) in [6.07, 6.45) is 0.716. The van der Waals surface area contributed by atoms with Crippen LogP contribution < -0.4 is 0 Å². The van der Waals surface area contributed by atoms with Crippen molar-refractivity contribution >= 4 is 39.1 Å². The van der Waals surface area contributed by atoms with Gasteiger partial charge in [-0.05, 0) is 41.7 Å². The first-order valence-corrected chi connectivity index (χ1v) is 7.74. The summed E-state index contributed by atoms with van der Waals surface area (Å²) in [7, 11) is 0. The highest BCUT2D eigenvalue weighted by Gasteiger charge is 2.15. The highest BCUT2D eigenvalue weighted by atomic mass is 79.9. The Bertz CT molecular complexity index is 572. The van der Waals surface area contributed by atoms with Crippen molar-refractivity contribution in [3.63, 3.8) is 0 Å². The topological polar surface area (TPSA) is 0 Å². The van der Waals surface area contributed by atoms with E-state index in [1.165, 1.54) is 12.1 Å². The summed E-state index contributed by atoms with van der Waals surface area (Å²) >= 11 is 15.8. The van der Waals surface area contributed by atoms with Gasteiger partial charge in [-0.15, -0.1) is 0 Å². The summed E-state index contributed by atoms with van der Waals surface area (Å²) in [5.41, 5.74) is 1.99. The van der Waals surface area contributed by atoms with E-state index in [1.54, 1.807) is 6.07 Å². The molecule has 0 aliphatic heterocycles. The molecule has 0 heterocycles. The van der Waals surface area contributed by atoms with Gasteiger partial charge in [0.25, 0.3) is 0 Å². The summed E-state index contributed by atoms with van der Waals surface area (Å²) in [4.78, 5) is 0. The van der Waals surface area contributed by atoms with Crippen molar-refractivity contribution in [1.82, 2.24) is 0 Å². The molecule has 1 unspecified atom stereocenters. The van der Waals surface area contributed by atoms with Gasteiger partial charge in [-0.1, -0.05) is 63.4 Å². The van der Waals surface area contributed by atoms with Crippen LogP contribution in [-0.4, -0.2) is 5.33 Å². The molecular weight excluding hydrogens is 350 g/mol. The summed E-state index contributed by atoms with van der Waals surface area (Å²) in [6, 6.07) is 12.2. The Balaban J connectivity index is 2.27. The summed E-state index contributed by atoms with van der Waals surface area (Å²) in [5.74, 6) is -0.112. The molecule has 100 valence electrons. The number of benzene rings is 2. The van der Waals surface area contributed by atoms with Crippen LogP contribution in [0.1, 0.15) is 17.0 Å². The van der Waals surface area contributed by atoms with E-state index in [2.05, 4.69) is 15.9 Å². The lowest BCUT2D eigenvalue weighted by molar-refractivity contribution is 0.626. The lowest BCUT2D eigenvalue weighted by Crippen LogP contribution is -2.05. The van der Waals surface area contributed by atoms with Crippen LogP contribution in [0.15, 0.2) is 42.5 Å².